The zero-order valence-corrected chi connectivity index (χ0v) is 11.1. The van der Waals surface area contributed by atoms with Gasteiger partial charge in [0.15, 0.2) is 5.58 Å². The summed E-state index contributed by atoms with van der Waals surface area (Å²) < 4.78 is 6.08. The smallest absolute Gasteiger partial charge is 0.158 e. The summed E-state index contributed by atoms with van der Waals surface area (Å²) in [5, 5.41) is 5.85. The highest BCUT2D eigenvalue weighted by atomic mass is 16.3. The van der Waals surface area contributed by atoms with Crippen LogP contribution in [0.4, 0.5) is 5.69 Å². The molecule has 2 nitrogen and oxygen atoms in total. The standard InChI is InChI=1S/C18H15NO/c1-2-6-12-19-17-13(7-3-1)10-11-15-14-8-4-5-9-16(14)20-18(15)17/h1-6,8-11,19H,7,12H2/b3-1-,6-2-. The zero-order valence-electron chi connectivity index (χ0n) is 11.1. The molecule has 0 radical (unpaired) electrons. The van der Waals surface area contributed by atoms with Crippen molar-refractivity contribution in [2.24, 2.45) is 0 Å². The first-order valence-corrected chi connectivity index (χ1v) is 6.92. The molecule has 0 spiro atoms. The Morgan fingerprint density at radius 2 is 1.80 bits per heavy atom. The average molecular weight is 261 g/mol. The van der Waals surface area contributed by atoms with Crippen molar-refractivity contribution in [1.82, 2.24) is 0 Å². The monoisotopic (exact) mass is 261 g/mol. The van der Waals surface area contributed by atoms with Crippen LogP contribution in [0.25, 0.3) is 21.9 Å². The molecular weight excluding hydrogens is 246 g/mol. The Hall–Kier alpha value is -2.48. The van der Waals surface area contributed by atoms with Crippen LogP contribution in [0, 0.1) is 0 Å². The van der Waals surface area contributed by atoms with E-state index in [-0.39, 0.29) is 0 Å². The lowest BCUT2D eigenvalue weighted by Gasteiger charge is -2.09. The Balaban J connectivity index is 2.02. The molecule has 0 amide bonds. The number of hydrogen-bond donors (Lipinski definition) is 1. The molecule has 0 aliphatic carbocycles. The summed E-state index contributed by atoms with van der Waals surface area (Å²) >= 11 is 0. The maximum absolute atomic E-state index is 6.08. The second-order valence-electron chi connectivity index (χ2n) is 5.02. The van der Waals surface area contributed by atoms with E-state index in [0.717, 1.165) is 29.8 Å². The molecule has 20 heavy (non-hydrogen) atoms. The predicted octanol–water partition coefficient (Wildman–Crippen LogP) is 4.67. The molecule has 0 unspecified atom stereocenters. The molecule has 1 aliphatic rings. The van der Waals surface area contributed by atoms with E-state index in [1.807, 2.05) is 12.1 Å². The molecule has 0 atom stereocenters. The highest BCUT2D eigenvalue weighted by molar-refractivity contribution is 6.09. The fraction of sp³-hybridized carbons (Fsp3) is 0.111. The third-order valence-electron chi connectivity index (χ3n) is 3.75. The van der Waals surface area contributed by atoms with Crippen LogP contribution in [0.1, 0.15) is 5.56 Å². The fourth-order valence-corrected chi connectivity index (χ4v) is 2.77. The number of anilines is 1. The number of rotatable bonds is 0. The lowest BCUT2D eigenvalue weighted by Crippen LogP contribution is -2.01. The van der Waals surface area contributed by atoms with E-state index in [4.69, 9.17) is 4.42 Å². The van der Waals surface area contributed by atoms with Gasteiger partial charge in [0.2, 0.25) is 0 Å². The van der Waals surface area contributed by atoms with Gasteiger partial charge in [-0.2, -0.15) is 0 Å². The van der Waals surface area contributed by atoms with Crippen LogP contribution in [0.15, 0.2) is 65.1 Å². The van der Waals surface area contributed by atoms with Crippen molar-refractivity contribution in [2.75, 3.05) is 11.9 Å². The Labute approximate surface area is 117 Å². The van der Waals surface area contributed by atoms with Gasteiger partial charge in [-0.05, 0) is 18.1 Å². The molecule has 2 heterocycles. The largest absolute Gasteiger partial charge is 0.454 e. The molecule has 98 valence electrons. The minimum absolute atomic E-state index is 0.813. The van der Waals surface area contributed by atoms with Gasteiger partial charge in [-0.3, -0.25) is 0 Å². The van der Waals surface area contributed by atoms with Gasteiger partial charge in [-0.1, -0.05) is 54.6 Å². The van der Waals surface area contributed by atoms with E-state index >= 15 is 0 Å². The Bertz CT molecular complexity index is 839. The first-order valence-electron chi connectivity index (χ1n) is 6.92. The van der Waals surface area contributed by atoms with Crippen molar-refractivity contribution in [2.45, 2.75) is 6.42 Å². The number of hydrogen-bond acceptors (Lipinski definition) is 2. The zero-order chi connectivity index (χ0) is 13.4. The van der Waals surface area contributed by atoms with Gasteiger partial charge in [0.1, 0.15) is 5.58 Å². The maximum atomic E-state index is 6.08. The minimum Gasteiger partial charge on any atom is -0.454 e. The second-order valence-corrected chi connectivity index (χ2v) is 5.02. The number of para-hydroxylation sites is 1. The predicted molar refractivity (Wildman–Crippen MR) is 84.2 cm³/mol. The highest BCUT2D eigenvalue weighted by Crippen LogP contribution is 2.35. The van der Waals surface area contributed by atoms with Crippen LogP contribution in [0.3, 0.4) is 0 Å². The van der Waals surface area contributed by atoms with Crippen LogP contribution >= 0.6 is 0 Å². The van der Waals surface area contributed by atoms with Crippen LogP contribution in [-0.4, -0.2) is 6.54 Å². The molecular formula is C18H15NO. The van der Waals surface area contributed by atoms with Crippen molar-refractivity contribution in [3.63, 3.8) is 0 Å². The molecule has 1 aromatic heterocycles. The number of benzene rings is 2. The molecule has 4 rings (SSSR count). The molecule has 2 aromatic carbocycles. The lowest BCUT2D eigenvalue weighted by molar-refractivity contribution is 0.669. The summed E-state index contributed by atoms with van der Waals surface area (Å²) in [5.41, 5.74) is 4.31. The Kier molecular flexibility index (Phi) is 2.59. The van der Waals surface area contributed by atoms with Crippen molar-refractivity contribution < 1.29 is 4.42 Å². The number of allylic oxidation sites excluding steroid dienone is 3. The van der Waals surface area contributed by atoms with Crippen molar-refractivity contribution in [3.8, 4) is 0 Å². The first-order chi connectivity index (χ1) is 9.93. The summed E-state index contributed by atoms with van der Waals surface area (Å²) in [6, 6.07) is 12.6. The molecule has 0 fully saturated rings. The van der Waals surface area contributed by atoms with Crippen molar-refractivity contribution in [1.29, 1.82) is 0 Å². The van der Waals surface area contributed by atoms with Gasteiger partial charge < -0.3 is 9.73 Å². The number of fused-ring (bicyclic) bond motifs is 5. The third kappa shape index (κ3) is 1.73. The number of nitrogens with one attached hydrogen (secondary N) is 1. The fourth-order valence-electron chi connectivity index (χ4n) is 2.77. The van der Waals surface area contributed by atoms with Crippen LogP contribution in [0.2, 0.25) is 0 Å². The maximum Gasteiger partial charge on any atom is 0.158 e. The van der Waals surface area contributed by atoms with Crippen LogP contribution < -0.4 is 5.32 Å². The Morgan fingerprint density at radius 3 is 2.80 bits per heavy atom. The number of furan rings is 1. The summed E-state index contributed by atoms with van der Waals surface area (Å²) in [5.74, 6) is 0. The average Bonchev–Trinajstić information content (AvgIpc) is 2.90. The van der Waals surface area contributed by atoms with Gasteiger partial charge in [0.05, 0.1) is 5.69 Å². The summed E-state index contributed by atoms with van der Waals surface area (Å²) in [6.07, 6.45) is 9.39. The quantitative estimate of drug-likeness (QED) is 0.636. The minimum atomic E-state index is 0.813. The normalized spacial score (nSPS) is 17.8. The molecule has 2 heteroatoms. The van der Waals surface area contributed by atoms with Crippen LogP contribution in [0.5, 0.6) is 0 Å². The Morgan fingerprint density at radius 1 is 0.900 bits per heavy atom. The van der Waals surface area contributed by atoms with Gasteiger partial charge in [0, 0.05) is 17.3 Å². The SMILES string of the molecule is C1=C\CNc2c(ccc3c2oc2ccccc23)C\C=C/1. The van der Waals surface area contributed by atoms with Gasteiger partial charge in [0.25, 0.3) is 0 Å². The van der Waals surface area contributed by atoms with E-state index in [0.29, 0.717) is 0 Å². The molecule has 1 aliphatic heterocycles. The molecule has 1 N–H and O–H groups in total. The topological polar surface area (TPSA) is 25.2 Å². The molecule has 0 bridgehead atoms. The second kappa shape index (κ2) is 4.57. The van der Waals surface area contributed by atoms with E-state index in [9.17, 15) is 0 Å². The molecule has 0 saturated carbocycles. The summed E-state index contributed by atoms with van der Waals surface area (Å²) in [7, 11) is 0. The van der Waals surface area contributed by atoms with E-state index in [2.05, 4.69) is 53.9 Å². The highest BCUT2D eigenvalue weighted by Gasteiger charge is 2.13. The first kappa shape index (κ1) is 11.4. The van der Waals surface area contributed by atoms with E-state index < -0.39 is 0 Å². The third-order valence-corrected chi connectivity index (χ3v) is 3.75. The van der Waals surface area contributed by atoms with Gasteiger partial charge >= 0.3 is 0 Å². The van der Waals surface area contributed by atoms with E-state index in [1.165, 1.54) is 16.3 Å². The molecule has 0 saturated heterocycles. The van der Waals surface area contributed by atoms with E-state index in [1.54, 1.807) is 0 Å². The summed E-state index contributed by atoms with van der Waals surface area (Å²) in [4.78, 5) is 0. The van der Waals surface area contributed by atoms with Gasteiger partial charge in [-0.15, -0.1) is 0 Å². The lowest BCUT2D eigenvalue weighted by atomic mass is 10.0. The summed E-state index contributed by atoms with van der Waals surface area (Å²) in [6.45, 7) is 0.813. The van der Waals surface area contributed by atoms with Crippen molar-refractivity contribution >= 4 is 27.6 Å². The van der Waals surface area contributed by atoms with Crippen molar-refractivity contribution in [3.05, 3.63) is 66.3 Å². The van der Waals surface area contributed by atoms with Crippen LogP contribution in [-0.2, 0) is 6.42 Å². The van der Waals surface area contributed by atoms with Gasteiger partial charge in [-0.25, -0.2) is 0 Å². The molecule has 3 aromatic rings.